The van der Waals surface area contributed by atoms with E-state index < -0.39 is 0 Å². The number of thiophene rings is 1. The smallest absolute Gasteiger partial charge is 0.0539 e. The summed E-state index contributed by atoms with van der Waals surface area (Å²) in [5.41, 5.74) is 18.6. The Morgan fingerprint density at radius 1 is 0.678 bits per heavy atom. The Labute approximate surface area is 353 Å². The lowest BCUT2D eigenvalue weighted by Gasteiger charge is -2.32. The lowest BCUT2D eigenvalue weighted by molar-refractivity contribution is 0.636. The number of benzene rings is 4. The molecule has 0 radical (unpaired) electrons. The minimum absolute atomic E-state index is 0.146. The third kappa shape index (κ3) is 6.19. The first-order valence-electron chi connectivity index (χ1n) is 21.6. The van der Waals surface area contributed by atoms with Gasteiger partial charge in [0.15, 0.2) is 0 Å². The van der Waals surface area contributed by atoms with Gasteiger partial charge >= 0.3 is 0 Å². The predicted octanol–water partition coefficient (Wildman–Crippen LogP) is 15.6. The van der Waals surface area contributed by atoms with Crippen LogP contribution >= 0.6 is 11.3 Å². The van der Waals surface area contributed by atoms with Gasteiger partial charge in [-0.1, -0.05) is 160 Å². The average molecular weight is 780 g/mol. The quantitative estimate of drug-likeness (QED) is 0.166. The zero-order valence-electron chi connectivity index (χ0n) is 34.0. The van der Waals surface area contributed by atoms with E-state index in [1.165, 1.54) is 93.3 Å². The molecule has 0 amide bonds. The van der Waals surface area contributed by atoms with E-state index in [-0.39, 0.29) is 5.41 Å². The molecular weight excluding hydrogens is 731 g/mol. The van der Waals surface area contributed by atoms with Gasteiger partial charge in [-0.15, -0.1) is 11.3 Å². The highest BCUT2D eigenvalue weighted by atomic mass is 32.1. The van der Waals surface area contributed by atoms with Crippen LogP contribution in [-0.4, -0.2) is 0 Å². The molecule has 0 N–H and O–H groups in total. The number of anilines is 2. The molecule has 0 saturated heterocycles. The summed E-state index contributed by atoms with van der Waals surface area (Å²) in [5, 5.41) is 1.41. The Morgan fingerprint density at radius 2 is 1.53 bits per heavy atom. The number of rotatable bonds is 6. The molecule has 1 nitrogen and oxygen atoms in total. The summed E-state index contributed by atoms with van der Waals surface area (Å²) >= 11 is 1.95. The number of nitrogens with zero attached hydrogens (tertiary/aromatic N) is 1. The fourth-order valence-electron chi connectivity index (χ4n) is 10.5. The van der Waals surface area contributed by atoms with Gasteiger partial charge in [0.2, 0.25) is 0 Å². The van der Waals surface area contributed by atoms with Crippen molar-refractivity contribution in [1.29, 1.82) is 0 Å². The third-order valence-electron chi connectivity index (χ3n) is 13.4. The summed E-state index contributed by atoms with van der Waals surface area (Å²) in [6.07, 6.45) is 39.8. The van der Waals surface area contributed by atoms with Crippen LogP contribution in [0.25, 0.3) is 38.4 Å². The first-order valence-corrected chi connectivity index (χ1v) is 22.4. The zero-order chi connectivity index (χ0) is 39.5. The number of fused-ring (bicyclic) bond motifs is 7. The lowest BCUT2D eigenvalue weighted by atomic mass is 9.73. The average Bonchev–Trinajstić information content (AvgIpc) is 3.76. The second-order valence-electron chi connectivity index (χ2n) is 17.3. The van der Waals surface area contributed by atoms with Crippen LogP contribution in [0.1, 0.15) is 73.1 Å². The number of para-hydroxylation sites is 1. The maximum absolute atomic E-state index is 2.62. The van der Waals surface area contributed by atoms with E-state index in [0.29, 0.717) is 11.8 Å². The van der Waals surface area contributed by atoms with Gasteiger partial charge in [-0.3, -0.25) is 0 Å². The number of aryl methyl sites for hydroxylation is 1. The molecule has 0 fully saturated rings. The molecule has 59 heavy (non-hydrogen) atoms. The molecular formula is C57H49NS. The molecule has 1 heterocycles. The van der Waals surface area contributed by atoms with Crippen LogP contribution < -0.4 is 4.90 Å². The van der Waals surface area contributed by atoms with E-state index in [0.717, 1.165) is 38.5 Å². The highest BCUT2D eigenvalue weighted by molar-refractivity contribution is 7.20. The van der Waals surface area contributed by atoms with Gasteiger partial charge in [0.05, 0.1) is 5.69 Å². The Kier molecular flexibility index (Phi) is 9.00. The molecule has 2 atom stereocenters. The Bertz CT molecular complexity index is 2850. The van der Waals surface area contributed by atoms with Gasteiger partial charge in [-0.2, -0.15) is 0 Å². The molecule has 0 bridgehead atoms. The highest BCUT2D eigenvalue weighted by Crippen LogP contribution is 2.55. The maximum atomic E-state index is 2.62. The van der Waals surface area contributed by atoms with Crippen LogP contribution in [0, 0.1) is 11.8 Å². The van der Waals surface area contributed by atoms with Gasteiger partial charge in [0, 0.05) is 43.8 Å². The van der Waals surface area contributed by atoms with E-state index in [1.807, 2.05) is 11.3 Å². The van der Waals surface area contributed by atoms with Crippen LogP contribution in [0.5, 0.6) is 0 Å². The number of hydrogen-bond acceptors (Lipinski definition) is 2. The standard InChI is InChI=1S/C57H49NS/c1-57(2)52-36-41(45-26-15-21-38-19-9-10-23-44(38)45)31-33-48(52)49-34-32-43(37-53(49)57)58(54-29-13-11-24-46(54)39-17-5-3-6-18-39)42-22-8-4-7-20-40(35-42)47-27-16-28-51-50-25-12-14-30-55(50)59-56(47)51/h3,5-7,9-11,13-20,22-24,26-30,32-38,41H,4,8,12,21,25,31H2,1-2H3/b20-7+,40-35+,42-22+. The Hall–Kier alpha value is -5.96. The summed E-state index contributed by atoms with van der Waals surface area (Å²) in [6.45, 7) is 4.89. The molecule has 0 saturated carbocycles. The second kappa shape index (κ2) is 14.7. The van der Waals surface area contributed by atoms with E-state index in [2.05, 4.69) is 195 Å². The van der Waals surface area contributed by atoms with Gasteiger partial charge in [0.25, 0.3) is 0 Å². The van der Waals surface area contributed by atoms with Crippen molar-refractivity contribution in [3.05, 3.63) is 220 Å². The highest BCUT2D eigenvalue weighted by Gasteiger charge is 2.41. The summed E-state index contributed by atoms with van der Waals surface area (Å²) < 4.78 is 1.39. The SMILES string of the molecule is CC1(C)C2=CC(C3=C4C=CC=CC4CC=C3)CC=C2c2ccc(N(C3=C/CC/C=C/C(c4cccc5c6c(sc45)C=CCC6)=C\3)c3ccccc3-c3ccccc3)cc21. The molecule has 5 aromatic rings. The van der Waals surface area contributed by atoms with Crippen LogP contribution in [0.2, 0.25) is 0 Å². The van der Waals surface area contributed by atoms with Crippen molar-refractivity contribution in [2.75, 3.05) is 4.90 Å². The first kappa shape index (κ1) is 36.1. The van der Waals surface area contributed by atoms with Gasteiger partial charge in [-0.25, -0.2) is 0 Å². The van der Waals surface area contributed by atoms with Crippen LogP contribution in [0.4, 0.5) is 11.4 Å². The fourth-order valence-corrected chi connectivity index (χ4v) is 11.8. The number of allylic oxidation sites excluding steroid dienone is 18. The van der Waals surface area contributed by atoms with Gasteiger partial charge < -0.3 is 4.90 Å². The molecule has 6 aliphatic rings. The maximum Gasteiger partial charge on any atom is 0.0539 e. The van der Waals surface area contributed by atoms with E-state index in [1.54, 1.807) is 0 Å². The minimum atomic E-state index is -0.146. The molecule has 11 rings (SSSR count). The van der Waals surface area contributed by atoms with Crippen LogP contribution in [-0.2, 0) is 11.8 Å². The van der Waals surface area contributed by atoms with Crippen molar-refractivity contribution in [3.63, 3.8) is 0 Å². The minimum Gasteiger partial charge on any atom is -0.310 e. The largest absolute Gasteiger partial charge is 0.310 e. The van der Waals surface area contributed by atoms with Gasteiger partial charge in [-0.05, 0) is 130 Å². The summed E-state index contributed by atoms with van der Waals surface area (Å²) in [4.78, 5) is 3.97. The molecule has 4 aromatic carbocycles. The second-order valence-corrected chi connectivity index (χ2v) is 18.3. The van der Waals surface area contributed by atoms with E-state index in [4.69, 9.17) is 0 Å². The van der Waals surface area contributed by atoms with Gasteiger partial charge in [0.1, 0.15) is 0 Å². The Balaban J connectivity index is 1.06. The molecule has 1 aromatic heterocycles. The van der Waals surface area contributed by atoms with Crippen molar-refractivity contribution in [3.8, 4) is 11.1 Å². The molecule has 6 aliphatic carbocycles. The zero-order valence-corrected chi connectivity index (χ0v) is 34.8. The molecule has 288 valence electrons. The molecule has 2 heteroatoms. The van der Waals surface area contributed by atoms with Crippen molar-refractivity contribution < 1.29 is 0 Å². The summed E-state index contributed by atoms with van der Waals surface area (Å²) in [7, 11) is 0. The fraction of sp³-hybridized carbons (Fsp3) is 0.193. The summed E-state index contributed by atoms with van der Waals surface area (Å²) in [6, 6.07) is 34.1. The van der Waals surface area contributed by atoms with Crippen molar-refractivity contribution in [1.82, 2.24) is 0 Å². The summed E-state index contributed by atoms with van der Waals surface area (Å²) in [5.74, 6) is 0.880. The van der Waals surface area contributed by atoms with Crippen molar-refractivity contribution >= 4 is 50.0 Å². The monoisotopic (exact) mass is 779 g/mol. The lowest BCUT2D eigenvalue weighted by Crippen LogP contribution is -2.21. The van der Waals surface area contributed by atoms with Crippen molar-refractivity contribution in [2.24, 2.45) is 11.8 Å². The Morgan fingerprint density at radius 3 is 2.46 bits per heavy atom. The number of hydrogen-bond donors (Lipinski definition) is 0. The molecule has 0 spiro atoms. The molecule has 2 unspecified atom stereocenters. The molecule has 0 aliphatic heterocycles. The van der Waals surface area contributed by atoms with Crippen LogP contribution in [0.3, 0.4) is 0 Å². The third-order valence-corrected chi connectivity index (χ3v) is 14.7. The van der Waals surface area contributed by atoms with Crippen LogP contribution in [0.15, 0.2) is 192 Å². The predicted molar refractivity (Wildman–Crippen MR) is 254 cm³/mol. The first-order chi connectivity index (χ1) is 29.0. The normalized spacial score (nSPS) is 23.4. The van der Waals surface area contributed by atoms with E-state index >= 15 is 0 Å². The topological polar surface area (TPSA) is 3.24 Å². The van der Waals surface area contributed by atoms with E-state index in [9.17, 15) is 0 Å². The van der Waals surface area contributed by atoms with Crippen molar-refractivity contribution in [2.45, 2.75) is 57.8 Å².